The molecule has 94 valence electrons. The van der Waals surface area contributed by atoms with Crippen LogP contribution in [-0.4, -0.2) is 57.7 Å². The van der Waals surface area contributed by atoms with Gasteiger partial charge in [-0.2, -0.15) is 0 Å². The van der Waals surface area contributed by atoms with Gasteiger partial charge >= 0.3 is 0 Å². The zero-order chi connectivity index (χ0) is 12.2. The number of carbonyl (C=O) groups is 1. The van der Waals surface area contributed by atoms with Crippen molar-refractivity contribution in [3.8, 4) is 0 Å². The highest BCUT2D eigenvalue weighted by molar-refractivity contribution is 7.89. The van der Waals surface area contributed by atoms with Crippen molar-refractivity contribution in [3.05, 3.63) is 0 Å². The van der Waals surface area contributed by atoms with Gasteiger partial charge in [0.05, 0.1) is 11.8 Å². The number of hydrogen-bond acceptors (Lipinski definition) is 4. The van der Waals surface area contributed by atoms with E-state index in [9.17, 15) is 13.2 Å². The number of amides is 1. The highest BCUT2D eigenvalue weighted by Gasteiger charge is 2.31. The highest BCUT2D eigenvalue weighted by atomic mass is 32.2. The first-order valence-corrected chi connectivity index (χ1v) is 7.08. The molecular formula is C9H19N3O3S. The first-order valence-electron chi connectivity index (χ1n) is 5.43. The predicted octanol–water partition coefficient (Wildman–Crippen LogP) is -1.25. The average molecular weight is 249 g/mol. The van der Waals surface area contributed by atoms with Crippen LogP contribution in [0.15, 0.2) is 0 Å². The molecule has 0 spiro atoms. The minimum atomic E-state index is -3.22. The summed E-state index contributed by atoms with van der Waals surface area (Å²) in [6.07, 6.45) is 0.756. The van der Waals surface area contributed by atoms with E-state index in [0.29, 0.717) is 6.54 Å². The summed E-state index contributed by atoms with van der Waals surface area (Å²) in [6, 6.07) is -0.137. The Bertz CT molecular complexity index is 342. The van der Waals surface area contributed by atoms with Crippen LogP contribution in [0.5, 0.6) is 0 Å². The quantitative estimate of drug-likeness (QED) is 0.616. The van der Waals surface area contributed by atoms with Crippen molar-refractivity contribution < 1.29 is 13.2 Å². The monoisotopic (exact) mass is 249 g/mol. The molecule has 1 rings (SSSR count). The predicted molar refractivity (Wildman–Crippen MR) is 61.5 cm³/mol. The molecule has 16 heavy (non-hydrogen) atoms. The first-order chi connectivity index (χ1) is 7.50. The van der Waals surface area contributed by atoms with Crippen LogP contribution >= 0.6 is 0 Å². The van der Waals surface area contributed by atoms with Crippen molar-refractivity contribution in [1.29, 1.82) is 0 Å². The van der Waals surface area contributed by atoms with Gasteiger partial charge in [0.2, 0.25) is 15.9 Å². The smallest absolute Gasteiger partial charge is 0.239 e. The van der Waals surface area contributed by atoms with Crippen molar-refractivity contribution in [3.63, 3.8) is 0 Å². The van der Waals surface area contributed by atoms with Crippen molar-refractivity contribution in [2.24, 2.45) is 0 Å². The lowest BCUT2D eigenvalue weighted by Gasteiger charge is -2.16. The number of carbonyl (C=O) groups excluding carboxylic acids is 1. The SMILES string of the molecule is CCNC1CCN(CCS(=O)(=O)NC)C1=O. The Balaban J connectivity index is 2.43. The topological polar surface area (TPSA) is 78.5 Å². The second-order valence-electron chi connectivity index (χ2n) is 3.75. The van der Waals surface area contributed by atoms with Crippen LogP contribution in [0, 0.1) is 0 Å². The van der Waals surface area contributed by atoms with E-state index in [2.05, 4.69) is 10.0 Å². The summed E-state index contributed by atoms with van der Waals surface area (Å²) < 4.78 is 24.6. The number of nitrogens with zero attached hydrogens (tertiary/aromatic N) is 1. The Morgan fingerprint density at radius 3 is 2.75 bits per heavy atom. The van der Waals surface area contributed by atoms with Crippen molar-refractivity contribution in [1.82, 2.24) is 14.9 Å². The Labute approximate surface area is 96.4 Å². The third-order valence-corrected chi connectivity index (χ3v) is 4.03. The zero-order valence-corrected chi connectivity index (χ0v) is 10.5. The largest absolute Gasteiger partial charge is 0.340 e. The summed E-state index contributed by atoms with van der Waals surface area (Å²) >= 11 is 0. The molecule has 0 radical (unpaired) electrons. The molecular weight excluding hydrogens is 230 g/mol. The lowest BCUT2D eigenvalue weighted by atomic mass is 10.2. The van der Waals surface area contributed by atoms with Gasteiger partial charge in [0.25, 0.3) is 0 Å². The van der Waals surface area contributed by atoms with Gasteiger partial charge in [-0.15, -0.1) is 0 Å². The Kier molecular flexibility index (Phi) is 4.69. The molecule has 6 nitrogen and oxygen atoms in total. The van der Waals surface area contributed by atoms with Crippen molar-refractivity contribution in [2.45, 2.75) is 19.4 Å². The van der Waals surface area contributed by atoms with Gasteiger partial charge in [0.15, 0.2) is 0 Å². The molecule has 1 atom stereocenters. The third-order valence-electron chi connectivity index (χ3n) is 2.69. The molecule has 1 amide bonds. The number of rotatable bonds is 6. The maximum Gasteiger partial charge on any atom is 0.239 e. The molecule has 7 heteroatoms. The summed E-state index contributed by atoms with van der Waals surface area (Å²) in [5.74, 6) is -0.0261. The van der Waals surface area contributed by atoms with E-state index in [1.165, 1.54) is 7.05 Å². The first kappa shape index (κ1) is 13.4. The minimum Gasteiger partial charge on any atom is -0.340 e. The molecule has 0 aromatic rings. The zero-order valence-electron chi connectivity index (χ0n) is 9.69. The summed E-state index contributed by atoms with van der Waals surface area (Å²) in [7, 11) is -1.85. The van der Waals surface area contributed by atoms with E-state index < -0.39 is 10.0 Å². The Morgan fingerprint density at radius 2 is 2.19 bits per heavy atom. The normalized spacial score (nSPS) is 21.8. The summed E-state index contributed by atoms with van der Waals surface area (Å²) in [5, 5.41) is 3.08. The van der Waals surface area contributed by atoms with Gasteiger partial charge in [-0.25, -0.2) is 13.1 Å². The molecule has 1 unspecified atom stereocenters. The van der Waals surface area contributed by atoms with Gasteiger partial charge in [-0.1, -0.05) is 6.92 Å². The van der Waals surface area contributed by atoms with Crippen LogP contribution < -0.4 is 10.0 Å². The minimum absolute atomic E-state index is 0.00755. The number of hydrogen-bond donors (Lipinski definition) is 2. The van der Waals surface area contributed by atoms with E-state index in [1.807, 2.05) is 6.92 Å². The molecule has 1 heterocycles. The molecule has 1 aliphatic rings. The van der Waals surface area contributed by atoms with E-state index in [4.69, 9.17) is 0 Å². The molecule has 0 aromatic carbocycles. The van der Waals surface area contributed by atoms with Crippen LogP contribution in [0.25, 0.3) is 0 Å². The van der Waals surface area contributed by atoms with E-state index in [0.717, 1.165) is 13.0 Å². The van der Waals surface area contributed by atoms with Gasteiger partial charge in [0, 0.05) is 13.1 Å². The lowest BCUT2D eigenvalue weighted by molar-refractivity contribution is -0.129. The van der Waals surface area contributed by atoms with Crippen LogP contribution in [0.1, 0.15) is 13.3 Å². The van der Waals surface area contributed by atoms with Crippen LogP contribution in [0.2, 0.25) is 0 Å². The number of sulfonamides is 1. The standard InChI is InChI=1S/C9H19N3O3S/c1-3-11-8-4-5-12(9(8)13)6-7-16(14,15)10-2/h8,10-11H,3-7H2,1-2H3. The molecule has 0 aromatic heterocycles. The molecule has 2 N–H and O–H groups in total. The molecule has 1 saturated heterocycles. The number of likely N-dealkylation sites (tertiary alicyclic amines) is 1. The van der Waals surface area contributed by atoms with E-state index in [-0.39, 0.29) is 24.2 Å². The van der Waals surface area contributed by atoms with Crippen LogP contribution in [0.3, 0.4) is 0 Å². The molecule has 0 saturated carbocycles. The third kappa shape index (κ3) is 3.43. The fourth-order valence-corrected chi connectivity index (χ4v) is 2.39. The van der Waals surface area contributed by atoms with Crippen molar-refractivity contribution >= 4 is 15.9 Å². The lowest BCUT2D eigenvalue weighted by Crippen LogP contribution is -2.40. The summed E-state index contributed by atoms with van der Waals surface area (Å²) in [6.45, 7) is 3.60. The summed E-state index contributed by atoms with van der Waals surface area (Å²) in [5.41, 5.74) is 0. The molecule has 1 fully saturated rings. The van der Waals surface area contributed by atoms with Gasteiger partial charge in [-0.05, 0) is 20.0 Å². The molecule has 0 bridgehead atoms. The van der Waals surface area contributed by atoms with Crippen LogP contribution in [-0.2, 0) is 14.8 Å². The van der Waals surface area contributed by atoms with Crippen LogP contribution in [0.4, 0.5) is 0 Å². The fourth-order valence-electron chi connectivity index (χ4n) is 1.73. The van der Waals surface area contributed by atoms with Crippen molar-refractivity contribution in [2.75, 3.05) is 32.4 Å². The van der Waals surface area contributed by atoms with Gasteiger partial charge in [0.1, 0.15) is 0 Å². The second kappa shape index (κ2) is 5.60. The second-order valence-corrected chi connectivity index (χ2v) is 5.79. The van der Waals surface area contributed by atoms with Gasteiger partial charge in [-0.3, -0.25) is 4.79 Å². The van der Waals surface area contributed by atoms with E-state index in [1.54, 1.807) is 4.90 Å². The maximum absolute atomic E-state index is 11.7. The summed E-state index contributed by atoms with van der Waals surface area (Å²) in [4.78, 5) is 13.3. The van der Waals surface area contributed by atoms with Gasteiger partial charge < -0.3 is 10.2 Å². The Hall–Kier alpha value is -0.660. The molecule has 1 aliphatic heterocycles. The number of likely N-dealkylation sites (N-methyl/N-ethyl adjacent to an activating group) is 1. The fraction of sp³-hybridized carbons (Fsp3) is 0.889. The molecule has 0 aliphatic carbocycles. The maximum atomic E-state index is 11.7. The average Bonchev–Trinajstić information content (AvgIpc) is 2.59. The van der Waals surface area contributed by atoms with E-state index >= 15 is 0 Å². The number of nitrogens with one attached hydrogen (secondary N) is 2. The Morgan fingerprint density at radius 1 is 1.50 bits per heavy atom. The highest BCUT2D eigenvalue weighted by Crippen LogP contribution is 2.10.